The van der Waals surface area contributed by atoms with Gasteiger partial charge in [0.05, 0.1) is 9.92 Å². The van der Waals surface area contributed by atoms with Gasteiger partial charge in [-0.2, -0.15) is 4.31 Å². The van der Waals surface area contributed by atoms with Crippen LogP contribution in [0, 0.1) is 0 Å². The molecule has 0 radical (unpaired) electrons. The van der Waals surface area contributed by atoms with Gasteiger partial charge in [0, 0.05) is 23.8 Å². The van der Waals surface area contributed by atoms with E-state index in [1.807, 2.05) is 0 Å². The van der Waals surface area contributed by atoms with Crippen LogP contribution in [0.25, 0.3) is 0 Å². The molecular weight excluding hydrogens is 431 g/mol. The number of anilines is 1. The standard InChI is InChI=1S/C17H18Cl2N2O4S2/c18-13-4-9-16(19)17(12-13)26(22,23)20-14-5-7-15(8-6-14)27(24,25)21-10-2-1-3-11-21/h4-9,12,20H,1-3,10-11H2. The van der Waals surface area contributed by atoms with E-state index in [-0.39, 0.29) is 25.5 Å². The number of piperidine rings is 1. The third-order valence-electron chi connectivity index (χ3n) is 4.24. The molecule has 0 saturated carbocycles. The maximum absolute atomic E-state index is 12.6. The van der Waals surface area contributed by atoms with Crippen LogP contribution in [0.3, 0.4) is 0 Å². The molecule has 0 bridgehead atoms. The van der Waals surface area contributed by atoms with Crippen LogP contribution >= 0.6 is 23.2 Å². The molecule has 1 aliphatic rings. The highest BCUT2D eigenvalue weighted by atomic mass is 35.5. The zero-order valence-corrected chi connectivity index (χ0v) is 17.4. The number of rotatable bonds is 5. The van der Waals surface area contributed by atoms with Crippen molar-refractivity contribution in [2.75, 3.05) is 17.8 Å². The Balaban J connectivity index is 1.82. The first kappa shape index (κ1) is 20.4. The monoisotopic (exact) mass is 448 g/mol. The molecule has 0 atom stereocenters. The zero-order valence-electron chi connectivity index (χ0n) is 14.2. The van der Waals surface area contributed by atoms with Gasteiger partial charge >= 0.3 is 0 Å². The predicted molar refractivity (Wildman–Crippen MR) is 106 cm³/mol. The van der Waals surface area contributed by atoms with Gasteiger partial charge in [0.25, 0.3) is 10.0 Å². The van der Waals surface area contributed by atoms with E-state index >= 15 is 0 Å². The molecule has 2 aromatic carbocycles. The minimum absolute atomic E-state index is 0.0381. The highest BCUT2D eigenvalue weighted by Crippen LogP contribution is 2.28. The Labute approximate surface area is 169 Å². The molecule has 1 N–H and O–H groups in total. The number of benzene rings is 2. The van der Waals surface area contributed by atoms with Crippen molar-refractivity contribution in [3.8, 4) is 0 Å². The normalized spacial score (nSPS) is 16.2. The Kier molecular flexibility index (Phi) is 6.02. The minimum Gasteiger partial charge on any atom is -0.280 e. The van der Waals surface area contributed by atoms with Crippen LogP contribution < -0.4 is 4.72 Å². The Hall–Kier alpha value is -1.32. The number of nitrogens with one attached hydrogen (secondary N) is 1. The first-order valence-corrected chi connectivity index (χ1v) is 12.0. The van der Waals surface area contributed by atoms with Crippen LogP contribution in [0.4, 0.5) is 5.69 Å². The van der Waals surface area contributed by atoms with Crippen molar-refractivity contribution >= 4 is 48.9 Å². The Morgan fingerprint density at radius 1 is 0.852 bits per heavy atom. The van der Waals surface area contributed by atoms with Crippen LogP contribution in [-0.2, 0) is 20.0 Å². The first-order chi connectivity index (χ1) is 12.7. The summed E-state index contributed by atoms with van der Waals surface area (Å²) < 4.78 is 54.2. The lowest BCUT2D eigenvalue weighted by Crippen LogP contribution is -2.35. The lowest BCUT2D eigenvalue weighted by atomic mass is 10.2. The van der Waals surface area contributed by atoms with Crippen molar-refractivity contribution in [3.05, 3.63) is 52.5 Å². The Morgan fingerprint density at radius 3 is 2.11 bits per heavy atom. The molecule has 2 aromatic rings. The van der Waals surface area contributed by atoms with Crippen molar-refractivity contribution in [2.24, 2.45) is 0 Å². The summed E-state index contributed by atoms with van der Waals surface area (Å²) in [5.41, 5.74) is 0.226. The summed E-state index contributed by atoms with van der Waals surface area (Å²) in [6.07, 6.45) is 2.72. The fourth-order valence-electron chi connectivity index (χ4n) is 2.84. The Morgan fingerprint density at radius 2 is 1.48 bits per heavy atom. The number of nitrogens with zero attached hydrogens (tertiary/aromatic N) is 1. The summed E-state index contributed by atoms with van der Waals surface area (Å²) in [6.45, 7) is 1.01. The van der Waals surface area contributed by atoms with Crippen molar-refractivity contribution in [2.45, 2.75) is 29.1 Å². The third kappa shape index (κ3) is 4.57. The fraction of sp³-hybridized carbons (Fsp3) is 0.294. The molecular formula is C17H18Cl2N2O4S2. The van der Waals surface area contributed by atoms with Crippen LogP contribution in [0.5, 0.6) is 0 Å². The van der Waals surface area contributed by atoms with Gasteiger partial charge < -0.3 is 0 Å². The average molecular weight is 449 g/mol. The van der Waals surface area contributed by atoms with E-state index in [1.54, 1.807) is 0 Å². The molecule has 0 aliphatic carbocycles. The van der Waals surface area contributed by atoms with E-state index in [0.717, 1.165) is 19.3 Å². The van der Waals surface area contributed by atoms with Gasteiger partial charge in [-0.05, 0) is 55.3 Å². The molecule has 0 spiro atoms. The fourth-order valence-corrected chi connectivity index (χ4v) is 6.18. The lowest BCUT2D eigenvalue weighted by Gasteiger charge is -2.25. The van der Waals surface area contributed by atoms with E-state index < -0.39 is 20.0 Å². The largest absolute Gasteiger partial charge is 0.280 e. The number of hydrogen-bond donors (Lipinski definition) is 1. The second-order valence-corrected chi connectivity index (χ2v) is 10.6. The van der Waals surface area contributed by atoms with Crippen molar-refractivity contribution in [3.63, 3.8) is 0 Å². The van der Waals surface area contributed by atoms with Gasteiger partial charge in [0.2, 0.25) is 10.0 Å². The third-order valence-corrected chi connectivity index (χ3v) is 8.25. The molecule has 1 heterocycles. The smallest absolute Gasteiger partial charge is 0.263 e. The van der Waals surface area contributed by atoms with E-state index in [0.29, 0.717) is 13.1 Å². The summed E-state index contributed by atoms with van der Waals surface area (Å²) in [7, 11) is -7.53. The lowest BCUT2D eigenvalue weighted by molar-refractivity contribution is 0.346. The van der Waals surface area contributed by atoms with Crippen LogP contribution in [-0.4, -0.2) is 34.2 Å². The summed E-state index contributed by atoms with van der Waals surface area (Å²) in [5.74, 6) is 0. The van der Waals surface area contributed by atoms with Gasteiger partial charge in [-0.15, -0.1) is 0 Å². The number of sulfonamides is 2. The van der Waals surface area contributed by atoms with E-state index in [2.05, 4.69) is 4.72 Å². The molecule has 0 aromatic heterocycles. The van der Waals surface area contributed by atoms with E-state index in [4.69, 9.17) is 23.2 Å². The predicted octanol–water partition coefficient (Wildman–Crippen LogP) is 3.97. The minimum atomic E-state index is -3.96. The molecule has 1 aliphatic heterocycles. The molecule has 1 saturated heterocycles. The van der Waals surface area contributed by atoms with Crippen LogP contribution in [0.2, 0.25) is 10.0 Å². The summed E-state index contributed by atoms with van der Waals surface area (Å²) >= 11 is 11.8. The summed E-state index contributed by atoms with van der Waals surface area (Å²) in [4.78, 5) is -0.0187. The highest BCUT2D eigenvalue weighted by Gasteiger charge is 2.26. The number of halogens is 2. The maximum Gasteiger partial charge on any atom is 0.263 e. The molecule has 0 unspecified atom stereocenters. The van der Waals surface area contributed by atoms with Crippen LogP contribution in [0.1, 0.15) is 19.3 Å². The molecule has 27 heavy (non-hydrogen) atoms. The van der Waals surface area contributed by atoms with Gasteiger partial charge in [0.1, 0.15) is 4.90 Å². The van der Waals surface area contributed by atoms with Gasteiger partial charge in [-0.3, -0.25) is 4.72 Å². The zero-order chi connectivity index (χ0) is 19.7. The van der Waals surface area contributed by atoms with Gasteiger partial charge in [0.15, 0.2) is 0 Å². The molecule has 6 nitrogen and oxygen atoms in total. The molecule has 1 fully saturated rings. The maximum atomic E-state index is 12.6. The topological polar surface area (TPSA) is 83.5 Å². The highest BCUT2D eigenvalue weighted by molar-refractivity contribution is 7.92. The number of hydrogen-bond acceptors (Lipinski definition) is 4. The SMILES string of the molecule is O=S(=O)(Nc1ccc(S(=O)(=O)N2CCCCC2)cc1)c1cc(Cl)ccc1Cl. The second kappa shape index (κ2) is 7.97. The van der Waals surface area contributed by atoms with Crippen LogP contribution in [0.15, 0.2) is 52.3 Å². The van der Waals surface area contributed by atoms with Crippen molar-refractivity contribution < 1.29 is 16.8 Å². The molecule has 146 valence electrons. The van der Waals surface area contributed by atoms with E-state index in [9.17, 15) is 16.8 Å². The average Bonchev–Trinajstić information content (AvgIpc) is 2.64. The molecule has 0 amide bonds. The molecule has 10 heteroatoms. The van der Waals surface area contributed by atoms with Gasteiger partial charge in [-0.1, -0.05) is 29.6 Å². The van der Waals surface area contributed by atoms with Gasteiger partial charge in [-0.25, -0.2) is 16.8 Å². The summed E-state index contributed by atoms with van der Waals surface area (Å²) in [6, 6.07) is 9.74. The van der Waals surface area contributed by atoms with Crippen molar-refractivity contribution in [1.29, 1.82) is 0 Å². The quantitative estimate of drug-likeness (QED) is 0.749. The summed E-state index contributed by atoms with van der Waals surface area (Å²) in [5, 5.41) is 0.277. The van der Waals surface area contributed by atoms with E-state index in [1.165, 1.54) is 46.8 Å². The second-order valence-electron chi connectivity index (χ2n) is 6.17. The Bertz CT molecular complexity index is 1030. The molecule has 3 rings (SSSR count). The first-order valence-electron chi connectivity index (χ1n) is 8.28. The van der Waals surface area contributed by atoms with Crippen molar-refractivity contribution in [1.82, 2.24) is 4.31 Å².